The number of hydrogen-bond acceptors (Lipinski definition) is 4. The highest BCUT2D eigenvalue weighted by Crippen LogP contribution is 2.64. The van der Waals surface area contributed by atoms with Gasteiger partial charge in [-0.25, -0.2) is 8.42 Å². The molecule has 2 aliphatic rings. The van der Waals surface area contributed by atoms with Crippen molar-refractivity contribution in [2.24, 2.45) is 16.7 Å². The first-order chi connectivity index (χ1) is 16.3. The van der Waals surface area contributed by atoms with Gasteiger partial charge >= 0.3 is 21.2 Å². The number of hydrogen-bond donors (Lipinski definition) is 0. The minimum absolute atomic E-state index is 0.0703. The lowest BCUT2D eigenvalue weighted by atomic mass is 9.70. The minimum atomic E-state index is -4.49. The summed E-state index contributed by atoms with van der Waals surface area (Å²) in [7, 11) is -4.49. The number of halogens is 1. The molecule has 2 aliphatic carbocycles. The fraction of sp³-hybridized carbons (Fsp3) is 0.567. The van der Waals surface area contributed by atoms with Gasteiger partial charge in [-0.15, -0.1) is 0 Å². The van der Waals surface area contributed by atoms with Gasteiger partial charge in [0.2, 0.25) is 0 Å². The first-order valence-electron chi connectivity index (χ1n) is 12.6. The van der Waals surface area contributed by atoms with Crippen LogP contribution in [0.2, 0.25) is 0 Å². The molecule has 0 N–H and O–H groups in total. The molecule has 6 heteroatoms. The zero-order chi connectivity index (χ0) is 27.3. The molecule has 2 fully saturated rings. The number of benzene rings is 2. The van der Waals surface area contributed by atoms with Crippen LogP contribution in [0, 0.1) is 23.9 Å². The lowest BCUT2D eigenvalue weighted by Crippen LogP contribution is -3.61. The standard InChI is InChI=1S/C20H26I.C10H16O4S/c1-19(2,3)15-7-11-17(12-8-15)21-18-13-9-16(10-14-18)20(4,5)6;1-9(2)6-4-5-10(9,3)8(11)7(6)15(12,13)14/h7-14H,1-6H3;6-7H,4-5H2,1-3H3,(H,12,13,14)/q+1;/p-1. The van der Waals surface area contributed by atoms with Crippen molar-refractivity contribution in [1.82, 2.24) is 0 Å². The number of fused-ring (bicyclic) bond motifs is 2. The molecular formula is C30H41IO4S. The first-order valence-corrected chi connectivity index (χ1v) is 16.3. The average Bonchev–Trinajstić information content (AvgIpc) is 3.05. The van der Waals surface area contributed by atoms with E-state index in [4.69, 9.17) is 0 Å². The molecule has 0 radical (unpaired) electrons. The number of carbonyl (C=O) groups excluding carboxylic acids is 1. The molecule has 198 valence electrons. The van der Waals surface area contributed by atoms with E-state index >= 15 is 0 Å². The Hall–Kier alpha value is -1.25. The predicted molar refractivity (Wildman–Crippen MR) is 141 cm³/mol. The maximum absolute atomic E-state index is 12.0. The highest BCUT2D eigenvalue weighted by Gasteiger charge is 2.67. The summed E-state index contributed by atoms with van der Waals surface area (Å²) in [5.74, 6) is -0.656. The molecule has 36 heavy (non-hydrogen) atoms. The third-order valence-electron chi connectivity index (χ3n) is 8.42. The van der Waals surface area contributed by atoms with Crippen LogP contribution in [0.4, 0.5) is 0 Å². The summed E-state index contributed by atoms with van der Waals surface area (Å²) in [6.07, 6.45) is 1.37. The highest BCUT2D eigenvalue weighted by atomic mass is 127. The molecule has 2 aromatic carbocycles. The van der Waals surface area contributed by atoms with E-state index in [9.17, 15) is 17.8 Å². The summed E-state index contributed by atoms with van der Waals surface area (Å²) in [5.41, 5.74) is 2.32. The van der Waals surface area contributed by atoms with Crippen LogP contribution in [0.1, 0.15) is 86.3 Å². The Balaban J connectivity index is 0.000000212. The summed E-state index contributed by atoms with van der Waals surface area (Å²) < 4.78 is 36.2. The number of Topliss-reactive ketones (excluding diaryl/α,β-unsaturated/α-hetero) is 1. The molecular weight excluding hydrogens is 583 g/mol. The van der Waals surface area contributed by atoms with E-state index in [1.54, 1.807) is 6.92 Å². The van der Waals surface area contributed by atoms with Gasteiger partial charge in [0.05, 0.1) is 0 Å². The predicted octanol–water partition coefficient (Wildman–Crippen LogP) is 3.34. The van der Waals surface area contributed by atoms with Crippen molar-refractivity contribution in [2.45, 2.75) is 91.2 Å². The van der Waals surface area contributed by atoms with Gasteiger partial charge in [0.1, 0.15) is 15.4 Å². The normalized spacial score (nSPS) is 25.4. The van der Waals surface area contributed by atoms with Crippen LogP contribution in [-0.2, 0) is 25.7 Å². The second-order valence-corrected chi connectivity index (χ2v) is 17.6. The lowest BCUT2D eigenvalue weighted by Gasteiger charge is -2.32. The van der Waals surface area contributed by atoms with E-state index < -0.39 is 20.8 Å². The monoisotopic (exact) mass is 624 g/mol. The fourth-order valence-corrected chi connectivity index (χ4v) is 9.05. The maximum atomic E-state index is 12.0. The van der Waals surface area contributed by atoms with Crippen LogP contribution in [0.3, 0.4) is 0 Å². The molecule has 3 atom stereocenters. The Morgan fingerprint density at radius 1 is 0.806 bits per heavy atom. The van der Waals surface area contributed by atoms with Gasteiger partial charge in [-0.05, 0) is 70.4 Å². The molecule has 0 amide bonds. The van der Waals surface area contributed by atoms with Crippen molar-refractivity contribution in [3.8, 4) is 0 Å². The molecule has 0 saturated heterocycles. The van der Waals surface area contributed by atoms with Crippen LogP contribution in [0.25, 0.3) is 0 Å². The van der Waals surface area contributed by atoms with E-state index in [1.165, 1.54) is 18.3 Å². The van der Waals surface area contributed by atoms with E-state index in [-0.39, 0.29) is 49.2 Å². The highest BCUT2D eigenvalue weighted by molar-refractivity contribution is 7.87. The van der Waals surface area contributed by atoms with E-state index in [0.717, 1.165) is 0 Å². The van der Waals surface area contributed by atoms with Gasteiger partial charge in [-0.3, -0.25) is 4.79 Å². The van der Waals surface area contributed by atoms with Crippen LogP contribution in [-0.4, -0.2) is 24.0 Å². The van der Waals surface area contributed by atoms with Crippen molar-refractivity contribution in [3.05, 3.63) is 66.8 Å². The Kier molecular flexibility index (Phi) is 7.99. The SMILES string of the molecule is CC(C)(C)c1ccc([I+]c2ccc(C(C)(C)C)cc2)cc1.CC12CCC(C(S(=O)(=O)[O-])C1=O)C2(C)C. The zero-order valence-electron chi connectivity index (χ0n) is 23.1. The second-order valence-electron chi connectivity index (χ2n) is 13.1. The van der Waals surface area contributed by atoms with Gasteiger partial charge in [0, 0.05) is 5.41 Å². The number of carbonyl (C=O) groups is 1. The van der Waals surface area contributed by atoms with Gasteiger partial charge in [0.25, 0.3) is 0 Å². The zero-order valence-corrected chi connectivity index (χ0v) is 26.1. The molecule has 3 unspecified atom stereocenters. The van der Waals surface area contributed by atoms with Crippen molar-refractivity contribution in [1.29, 1.82) is 0 Å². The van der Waals surface area contributed by atoms with Crippen molar-refractivity contribution >= 4 is 15.9 Å². The Morgan fingerprint density at radius 3 is 1.44 bits per heavy atom. The summed E-state index contributed by atoms with van der Waals surface area (Å²) in [6.45, 7) is 19.2. The quantitative estimate of drug-likeness (QED) is 0.388. The number of ketones is 1. The topological polar surface area (TPSA) is 74.3 Å². The van der Waals surface area contributed by atoms with Gasteiger partial charge in [-0.1, -0.05) is 86.6 Å². The maximum Gasteiger partial charge on any atom is 0.357 e. The molecule has 2 bridgehead atoms. The average molecular weight is 625 g/mol. The largest absolute Gasteiger partial charge is 0.747 e. The fourth-order valence-electron chi connectivity index (χ4n) is 5.49. The van der Waals surface area contributed by atoms with Crippen LogP contribution in [0.5, 0.6) is 0 Å². The molecule has 0 heterocycles. The van der Waals surface area contributed by atoms with Gasteiger partial charge in [0.15, 0.2) is 12.9 Å². The lowest BCUT2D eigenvalue weighted by molar-refractivity contribution is -0.597. The molecule has 0 spiro atoms. The van der Waals surface area contributed by atoms with E-state index in [2.05, 4.69) is 90.1 Å². The summed E-state index contributed by atoms with van der Waals surface area (Å²) in [6, 6.07) is 18.4. The second kappa shape index (κ2) is 9.81. The molecule has 2 aromatic rings. The van der Waals surface area contributed by atoms with Crippen LogP contribution < -0.4 is 21.2 Å². The Bertz CT molecular complexity index is 1140. The van der Waals surface area contributed by atoms with Gasteiger partial charge in [-0.2, -0.15) is 0 Å². The molecule has 0 aromatic heterocycles. The van der Waals surface area contributed by atoms with Crippen LogP contribution >= 0.6 is 0 Å². The molecule has 4 nitrogen and oxygen atoms in total. The van der Waals surface area contributed by atoms with Crippen LogP contribution in [0.15, 0.2) is 48.5 Å². The van der Waals surface area contributed by atoms with Gasteiger partial charge < -0.3 is 4.55 Å². The Morgan fingerprint density at radius 2 is 1.19 bits per heavy atom. The summed E-state index contributed by atoms with van der Waals surface area (Å²) in [4.78, 5) is 12.0. The third kappa shape index (κ3) is 5.75. The number of rotatable bonds is 3. The first kappa shape index (κ1) is 29.3. The molecule has 0 aliphatic heterocycles. The molecule has 2 saturated carbocycles. The van der Waals surface area contributed by atoms with Crippen molar-refractivity contribution in [3.63, 3.8) is 0 Å². The van der Waals surface area contributed by atoms with E-state index in [0.29, 0.717) is 12.8 Å². The summed E-state index contributed by atoms with van der Waals surface area (Å²) >= 11 is -0.0703. The van der Waals surface area contributed by atoms with Crippen molar-refractivity contribution < 1.29 is 39.0 Å². The third-order valence-corrected chi connectivity index (χ3v) is 12.3. The Labute approximate surface area is 228 Å². The molecule has 4 rings (SSSR count). The smallest absolute Gasteiger partial charge is 0.357 e. The summed E-state index contributed by atoms with van der Waals surface area (Å²) in [5, 5.41) is -1.30. The van der Waals surface area contributed by atoms with E-state index in [1.807, 2.05) is 13.8 Å². The minimum Gasteiger partial charge on any atom is -0.747 e. The van der Waals surface area contributed by atoms with Crippen molar-refractivity contribution in [2.75, 3.05) is 0 Å².